The number of halogens is 4. The molecule has 1 aromatic carbocycles. The fourth-order valence-corrected chi connectivity index (χ4v) is 4.19. The number of hydrogen-bond acceptors (Lipinski definition) is 5. The largest absolute Gasteiger partial charge is 0.416 e. The lowest BCUT2D eigenvalue weighted by molar-refractivity contribution is -0.137. The molecule has 0 aliphatic carbocycles. The van der Waals surface area contributed by atoms with Crippen LogP contribution in [0.1, 0.15) is 48.2 Å². The van der Waals surface area contributed by atoms with E-state index in [1.54, 1.807) is 18.1 Å². The van der Waals surface area contributed by atoms with Crippen molar-refractivity contribution < 1.29 is 17.6 Å². The molecule has 33 heavy (non-hydrogen) atoms. The second kappa shape index (κ2) is 9.33. The monoisotopic (exact) mass is 459 g/mol. The smallest absolute Gasteiger partial charge is 0.353 e. The first-order chi connectivity index (χ1) is 15.8. The first kappa shape index (κ1) is 22.9. The molecule has 3 aromatic rings. The highest BCUT2D eigenvalue weighted by molar-refractivity contribution is 5.54. The molecule has 3 heterocycles. The number of nitrogens with zero attached hydrogens (tertiary/aromatic N) is 5. The van der Waals surface area contributed by atoms with Crippen LogP contribution in [0.15, 0.2) is 48.9 Å². The van der Waals surface area contributed by atoms with E-state index in [2.05, 4.69) is 15.0 Å². The summed E-state index contributed by atoms with van der Waals surface area (Å²) in [6, 6.07) is 8.72. The molecule has 5 nitrogen and oxygen atoms in total. The molecular formula is C24H25F4N5. The standard InChI is InChI=1S/C24H25F4N5/c1-3-19-11-6-16(13-29-19)14-32(2)22-21(25)23(31-15-30-22)33-12-4-5-20(33)17-7-9-18(10-8-17)24(26,27)28/h6-11,13,15,20H,3-5,12,14H2,1-2H3. The fourth-order valence-electron chi connectivity index (χ4n) is 4.19. The van der Waals surface area contributed by atoms with Gasteiger partial charge in [-0.05, 0) is 48.6 Å². The van der Waals surface area contributed by atoms with Gasteiger partial charge in [-0.2, -0.15) is 17.6 Å². The van der Waals surface area contributed by atoms with Gasteiger partial charge in [0, 0.05) is 32.0 Å². The van der Waals surface area contributed by atoms with Crippen LogP contribution in [0.25, 0.3) is 0 Å². The highest BCUT2D eigenvalue weighted by atomic mass is 19.4. The highest BCUT2D eigenvalue weighted by Gasteiger charge is 2.33. The molecule has 1 fully saturated rings. The summed E-state index contributed by atoms with van der Waals surface area (Å²) in [7, 11) is 1.75. The molecule has 2 aromatic heterocycles. The zero-order chi connectivity index (χ0) is 23.6. The zero-order valence-corrected chi connectivity index (χ0v) is 18.5. The number of anilines is 2. The average Bonchev–Trinajstić information content (AvgIpc) is 3.29. The molecule has 0 amide bonds. The average molecular weight is 459 g/mol. The third-order valence-corrected chi connectivity index (χ3v) is 5.93. The molecule has 1 aliphatic heterocycles. The van der Waals surface area contributed by atoms with Crippen LogP contribution in [0.5, 0.6) is 0 Å². The number of rotatable bonds is 6. The van der Waals surface area contributed by atoms with Gasteiger partial charge in [-0.1, -0.05) is 25.1 Å². The van der Waals surface area contributed by atoms with Gasteiger partial charge < -0.3 is 9.80 Å². The Balaban J connectivity index is 1.56. The Bertz CT molecular complexity index is 1080. The van der Waals surface area contributed by atoms with E-state index in [1.807, 2.05) is 24.0 Å². The molecule has 0 N–H and O–H groups in total. The minimum absolute atomic E-state index is 0.161. The van der Waals surface area contributed by atoms with E-state index in [1.165, 1.54) is 18.5 Å². The maximum absolute atomic E-state index is 15.5. The van der Waals surface area contributed by atoms with Gasteiger partial charge in [0.1, 0.15) is 6.33 Å². The predicted octanol–water partition coefficient (Wildman–Crippen LogP) is 5.57. The summed E-state index contributed by atoms with van der Waals surface area (Å²) < 4.78 is 54.3. The molecule has 1 atom stereocenters. The van der Waals surface area contributed by atoms with Crippen LogP contribution in [0, 0.1) is 5.82 Å². The van der Waals surface area contributed by atoms with E-state index in [4.69, 9.17) is 0 Å². The Kier molecular flexibility index (Phi) is 6.49. The number of pyridine rings is 1. The molecule has 1 unspecified atom stereocenters. The third-order valence-electron chi connectivity index (χ3n) is 5.93. The van der Waals surface area contributed by atoms with Gasteiger partial charge in [0.25, 0.3) is 0 Å². The van der Waals surface area contributed by atoms with Crippen molar-refractivity contribution in [1.29, 1.82) is 0 Å². The van der Waals surface area contributed by atoms with Crippen molar-refractivity contribution in [1.82, 2.24) is 15.0 Å². The van der Waals surface area contributed by atoms with Crippen molar-refractivity contribution in [3.63, 3.8) is 0 Å². The summed E-state index contributed by atoms with van der Waals surface area (Å²) in [5.41, 5.74) is 1.92. The van der Waals surface area contributed by atoms with Gasteiger partial charge in [0.05, 0.1) is 11.6 Å². The van der Waals surface area contributed by atoms with Crippen LogP contribution in [-0.4, -0.2) is 28.5 Å². The van der Waals surface area contributed by atoms with Gasteiger partial charge in [0.15, 0.2) is 11.6 Å². The minimum atomic E-state index is -4.39. The maximum atomic E-state index is 15.5. The molecule has 4 rings (SSSR count). The topological polar surface area (TPSA) is 45.2 Å². The van der Waals surface area contributed by atoms with Crippen molar-refractivity contribution in [3.8, 4) is 0 Å². The van der Waals surface area contributed by atoms with Crippen molar-refractivity contribution >= 4 is 11.6 Å². The molecule has 9 heteroatoms. The summed E-state index contributed by atoms with van der Waals surface area (Å²) in [6.07, 6.45) is 1.04. The Morgan fingerprint density at radius 1 is 1.06 bits per heavy atom. The molecule has 0 saturated carbocycles. The second-order valence-electron chi connectivity index (χ2n) is 8.17. The Morgan fingerprint density at radius 3 is 2.45 bits per heavy atom. The van der Waals surface area contributed by atoms with Crippen molar-refractivity contribution in [3.05, 3.63) is 77.1 Å². The van der Waals surface area contributed by atoms with E-state index in [0.29, 0.717) is 25.1 Å². The van der Waals surface area contributed by atoms with Crippen molar-refractivity contribution in [2.24, 2.45) is 0 Å². The Labute approximate surface area is 190 Å². The van der Waals surface area contributed by atoms with E-state index in [9.17, 15) is 13.2 Å². The van der Waals surface area contributed by atoms with Crippen LogP contribution < -0.4 is 9.80 Å². The van der Waals surface area contributed by atoms with Gasteiger partial charge in [-0.25, -0.2) is 9.97 Å². The molecule has 0 spiro atoms. The lowest BCUT2D eigenvalue weighted by atomic mass is 10.0. The van der Waals surface area contributed by atoms with E-state index >= 15 is 4.39 Å². The van der Waals surface area contributed by atoms with Gasteiger partial charge in [-0.15, -0.1) is 0 Å². The van der Waals surface area contributed by atoms with E-state index in [-0.39, 0.29) is 17.7 Å². The number of alkyl halides is 3. The lowest BCUT2D eigenvalue weighted by Gasteiger charge is -2.28. The fraction of sp³-hybridized carbons (Fsp3) is 0.375. The van der Waals surface area contributed by atoms with E-state index in [0.717, 1.165) is 36.2 Å². The number of hydrogen-bond donors (Lipinski definition) is 0. The summed E-state index contributed by atoms with van der Waals surface area (Å²) >= 11 is 0. The summed E-state index contributed by atoms with van der Waals surface area (Å²) in [5.74, 6) is -0.219. The SMILES string of the molecule is CCc1ccc(CN(C)c2ncnc(N3CCCC3c3ccc(C(F)(F)F)cc3)c2F)cn1. The summed E-state index contributed by atoms with van der Waals surface area (Å²) in [6.45, 7) is 3.01. The number of benzene rings is 1. The Morgan fingerprint density at radius 2 is 1.82 bits per heavy atom. The lowest BCUT2D eigenvalue weighted by Crippen LogP contribution is -2.27. The van der Waals surface area contributed by atoms with Gasteiger partial charge in [0.2, 0.25) is 5.82 Å². The molecule has 174 valence electrons. The number of aromatic nitrogens is 3. The quantitative estimate of drug-likeness (QED) is 0.451. The molecule has 1 saturated heterocycles. The van der Waals surface area contributed by atoms with Crippen LogP contribution in [0.2, 0.25) is 0 Å². The van der Waals surface area contributed by atoms with Crippen LogP contribution >= 0.6 is 0 Å². The zero-order valence-electron chi connectivity index (χ0n) is 18.5. The predicted molar refractivity (Wildman–Crippen MR) is 118 cm³/mol. The van der Waals surface area contributed by atoms with Gasteiger partial charge in [-0.3, -0.25) is 4.98 Å². The van der Waals surface area contributed by atoms with Gasteiger partial charge >= 0.3 is 6.18 Å². The Hall–Kier alpha value is -3.23. The molecular weight excluding hydrogens is 434 g/mol. The summed E-state index contributed by atoms with van der Waals surface area (Å²) in [5, 5.41) is 0. The first-order valence-electron chi connectivity index (χ1n) is 10.9. The van der Waals surface area contributed by atoms with Crippen LogP contribution in [-0.2, 0) is 19.1 Å². The number of aryl methyl sites for hydroxylation is 1. The normalized spacial score (nSPS) is 16.3. The molecule has 0 bridgehead atoms. The third kappa shape index (κ3) is 4.91. The van der Waals surface area contributed by atoms with Crippen LogP contribution in [0.3, 0.4) is 0 Å². The minimum Gasteiger partial charge on any atom is -0.353 e. The van der Waals surface area contributed by atoms with Crippen LogP contribution in [0.4, 0.5) is 29.2 Å². The van der Waals surface area contributed by atoms with E-state index < -0.39 is 17.6 Å². The second-order valence-corrected chi connectivity index (χ2v) is 8.17. The molecule has 0 radical (unpaired) electrons. The van der Waals surface area contributed by atoms with Crippen molar-refractivity contribution in [2.75, 3.05) is 23.4 Å². The summed E-state index contributed by atoms with van der Waals surface area (Å²) in [4.78, 5) is 16.2. The first-order valence-corrected chi connectivity index (χ1v) is 10.9. The molecule has 1 aliphatic rings. The highest BCUT2D eigenvalue weighted by Crippen LogP contribution is 2.39. The van der Waals surface area contributed by atoms with Crippen molar-refractivity contribution in [2.45, 2.75) is 44.9 Å². The maximum Gasteiger partial charge on any atom is 0.416 e.